The maximum Gasteiger partial charge on any atom is 0.225 e. The molecule has 2 N–H and O–H groups in total. The zero-order valence-corrected chi connectivity index (χ0v) is 16.9. The molecule has 1 fully saturated rings. The van der Waals surface area contributed by atoms with Gasteiger partial charge in [-0.05, 0) is 64.1 Å². The second kappa shape index (κ2) is 7.72. The number of aryl methyl sites for hydroxylation is 1. The summed E-state index contributed by atoms with van der Waals surface area (Å²) in [5.74, 6) is 0.385. The van der Waals surface area contributed by atoms with Crippen molar-refractivity contribution in [1.29, 1.82) is 0 Å². The van der Waals surface area contributed by atoms with E-state index in [1.165, 1.54) is 10.4 Å². The number of hydrogen-bond donors (Lipinski definition) is 1. The minimum absolute atomic E-state index is 0.0941. The summed E-state index contributed by atoms with van der Waals surface area (Å²) in [6.07, 6.45) is 8.63. The van der Waals surface area contributed by atoms with E-state index in [0.717, 1.165) is 55.3 Å². The molecule has 2 aliphatic carbocycles. The van der Waals surface area contributed by atoms with Crippen LogP contribution >= 0.6 is 11.3 Å². The van der Waals surface area contributed by atoms with Crippen LogP contribution in [-0.2, 0) is 17.6 Å². The van der Waals surface area contributed by atoms with Gasteiger partial charge in [-0.15, -0.1) is 11.3 Å². The Bertz CT molecular complexity index is 829. The van der Waals surface area contributed by atoms with Crippen LogP contribution in [0.1, 0.15) is 49.5 Å². The van der Waals surface area contributed by atoms with Crippen LogP contribution in [0, 0.1) is 5.92 Å². The van der Waals surface area contributed by atoms with Crippen molar-refractivity contribution in [3.63, 3.8) is 0 Å². The number of carbonyl (C=O) groups excluding carboxylic acids is 1. The van der Waals surface area contributed by atoms with Crippen LogP contribution in [0.3, 0.4) is 0 Å². The number of fused-ring (bicyclic) bond motifs is 3. The number of hydrogen-bond acceptors (Lipinski definition) is 6. The fourth-order valence-electron chi connectivity index (χ4n) is 4.43. The number of primary amides is 1. The molecule has 0 radical (unpaired) electrons. The van der Waals surface area contributed by atoms with Gasteiger partial charge in [-0.1, -0.05) is 6.92 Å². The predicted molar refractivity (Wildman–Crippen MR) is 107 cm³/mol. The molecule has 1 unspecified atom stereocenters. The van der Waals surface area contributed by atoms with Crippen LogP contribution in [0.15, 0.2) is 6.33 Å². The molecule has 6 nitrogen and oxygen atoms in total. The first-order valence-electron chi connectivity index (χ1n) is 9.98. The highest BCUT2D eigenvalue weighted by Crippen LogP contribution is 2.41. The fraction of sp³-hybridized carbons (Fsp3) is 0.650. The van der Waals surface area contributed by atoms with Crippen molar-refractivity contribution >= 4 is 27.5 Å². The van der Waals surface area contributed by atoms with Gasteiger partial charge in [0.15, 0.2) is 0 Å². The van der Waals surface area contributed by atoms with Gasteiger partial charge in [-0.3, -0.25) is 4.79 Å². The summed E-state index contributed by atoms with van der Waals surface area (Å²) in [6, 6.07) is 0.658. The van der Waals surface area contributed by atoms with E-state index in [1.807, 2.05) is 0 Å². The van der Waals surface area contributed by atoms with E-state index in [0.29, 0.717) is 18.3 Å². The van der Waals surface area contributed by atoms with Gasteiger partial charge < -0.3 is 15.4 Å². The molecule has 4 rings (SSSR count). The first kappa shape index (κ1) is 18.6. The van der Waals surface area contributed by atoms with Gasteiger partial charge in [0.1, 0.15) is 17.3 Å². The van der Waals surface area contributed by atoms with Crippen LogP contribution in [0.4, 0.5) is 0 Å². The van der Waals surface area contributed by atoms with Crippen molar-refractivity contribution in [1.82, 2.24) is 14.9 Å². The maximum absolute atomic E-state index is 11.7. The van der Waals surface area contributed by atoms with Crippen LogP contribution < -0.4 is 10.5 Å². The number of carbonyl (C=O) groups is 1. The zero-order valence-electron chi connectivity index (χ0n) is 16.1. The van der Waals surface area contributed by atoms with Crippen molar-refractivity contribution in [2.45, 2.75) is 64.0 Å². The highest BCUT2D eigenvalue weighted by atomic mass is 32.1. The van der Waals surface area contributed by atoms with Gasteiger partial charge in [0.05, 0.1) is 5.39 Å². The molecular weight excluding hydrogens is 360 g/mol. The summed E-state index contributed by atoms with van der Waals surface area (Å²) in [6.45, 7) is 3.30. The first-order valence-corrected chi connectivity index (χ1v) is 10.8. The second-order valence-corrected chi connectivity index (χ2v) is 8.91. The van der Waals surface area contributed by atoms with Crippen LogP contribution in [-0.4, -0.2) is 46.5 Å². The first-order chi connectivity index (χ1) is 13.1. The molecule has 2 aromatic rings. The van der Waals surface area contributed by atoms with E-state index in [4.69, 9.17) is 10.5 Å². The molecule has 7 heteroatoms. The quantitative estimate of drug-likeness (QED) is 0.852. The Morgan fingerprint density at radius 1 is 1.30 bits per heavy atom. The minimum Gasteiger partial charge on any atom is -0.474 e. The number of ether oxygens (including phenoxy) is 1. The summed E-state index contributed by atoms with van der Waals surface area (Å²) in [4.78, 5) is 25.3. The van der Waals surface area contributed by atoms with E-state index >= 15 is 0 Å². The highest BCUT2D eigenvalue weighted by Gasteiger charge is 2.30. The number of nitrogens with two attached hydrogens (primary N) is 1. The molecular formula is C20H28N4O2S. The van der Waals surface area contributed by atoms with E-state index in [2.05, 4.69) is 28.8 Å². The molecule has 0 saturated heterocycles. The summed E-state index contributed by atoms with van der Waals surface area (Å²) in [5.41, 5.74) is 6.75. The minimum atomic E-state index is -0.210. The fourth-order valence-corrected chi connectivity index (χ4v) is 5.61. The van der Waals surface area contributed by atoms with Crippen molar-refractivity contribution in [3.05, 3.63) is 16.8 Å². The van der Waals surface area contributed by atoms with Crippen molar-refractivity contribution < 1.29 is 9.53 Å². The smallest absolute Gasteiger partial charge is 0.225 e. The van der Waals surface area contributed by atoms with E-state index < -0.39 is 0 Å². The average molecular weight is 389 g/mol. The van der Waals surface area contributed by atoms with Crippen LogP contribution in [0.5, 0.6) is 5.88 Å². The van der Waals surface area contributed by atoms with Gasteiger partial charge in [0.25, 0.3) is 0 Å². The molecule has 2 aliphatic rings. The second-order valence-electron chi connectivity index (χ2n) is 7.83. The van der Waals surface area contributed by atoms with Crippen molar-refractivity contribution in [2.75, 3.05) is 13.6 Å². The third-order valence-corrected chi connectivity index (χ3v) is 7.45. The Morgan fingerprint density at radius 3 is 2.78 bits per heavy atom. The summed E-state index contributed by atoms with van der Waals surface area (Å²) in [5, 5.41) is 1.01. The van der Waals surface area contributed by atoms with Crippen LogP contribution in [0.2, 0.25) is 0 Å². The molecule has 2 aromatic heterocycles. The molecule has 1 atom stereocenters. The lowest BCUT2D eigenvalue weighted by Crippen LogP contribution is -2.37. The van der Waals surface area contributed by atoms with Gasteiger partial charge in [0, 0.05) is 16.8 Å². The largest absolute Gasteiger partial charge is 0.474 e. The van der Waals surface area contributed by atoms with Gasteiger partial charge in [-0.2, -0.15) is 0 Å². The Morgan fingerprint density at radius 2 is 2.07 bits per heavy atom. The van der Waals surface area contributed by atoms with Gasteiger partial charge in [-0.25, -0.2) is 9.97 Å². The van der Waals surface area contributed by atoms with Crippen LogP contribution in [0.25, 0.3) is 10.2 Å². The number of aromatic nitrogens is 2. The lowest BCUT2D eigenvalue weighted by atomic mass is 9.87. The molecule has 0 spiro atoms. The van der Waals surface area contributed by atoms with Crippen molar-refractivity contribution in [2.24, 2.45) is 11.7 Å². The summed E-state index contributed by atoms with van der Waals surface area (Å²) < 4.78 is 6.37. The van der Waals surface area contributed by atoms with E-state index in [9.17, 15) is 4.79 Å². The Balaban J connectivity index is 1.55. The van der Waals surface area contributed by atoms with Crippen molar-refractivity contribution in [3.8, 4) is 5.88 Å². The highest BCUT2D eigenvalue weighted by molar-refractivity contribution is 7.18. The lowest BCUT2D eigenvalue weighted by molar-refractivity contribution is -0.122. The van der Waals surface area contributed by atoms with E-state index in [1.54, 1.807) is 17.7 Å². The zero-order chi connectivity index (χ0) is 19.0. The van der Waals surface area contributed by atoms with Gasteiger partial charge >= 0.3 is 0 Å². The molecule has 1 saturated carbocycles. The summed E-state index contributed by atoms with van der Waals surface area (Å²) in [7, 11) is 2.20. The Labute approximate surface area is 164 Å². The monoisotopic (exact) mass is 388 g/mol. The molecule has 2 heterocycles. The number of amides is 1. The number of nitrogens with zero attached hydrogens (tertiary/aromatic N) is 3. The molecule has 27 heavy (non-hydrogen) atoms. The average Bonchev–Trinajstić information content (AvgIpc) is 3.06. The predicted octanol–water partition coefficient (Wildman–Crippen LogP) is 2.92. The maximum atomic E-state index is 11.7. The third kappa shape index (κ3) is 3.67. The molecule has 1 amide bonds. The standard InChI is InChI=1S/C20H28N4O2S/c1-3-24(2)13-5-7-14(8-6-13)26-19-17-15-10-12(18(21)25)4-9-16(15)27-20(17)23-11-22-19/h11-14H,3-10H2,1-2H3,(H2,21,25). The Hall–Kier alpha value is -1.73. The molecule has 0 aromatic carbocycles. The molecule has 0 bridgehead atoms. The topological polar surface area (TPSA) is 81.3 Å². The Kier molecular flexibility index (Phi) is 5.32. The number of rotatable bonds is 5. The normalized spacial score (nSPS) is 25.5. The molecule has 146 valence electrons. The SMILES string of the molecule is CCN(C)C1CCC(Oc2ncnc3sc4c(c23)CC(C(N)=O)CC4)CC1. The molecule has 0 aliphatic heterocycles. The number of thiophene rings is 1. The van der Waals surface area contributed by atoms with Gasteiger partial charge in [0.2, 0.25) is 11.8 Å². The lowest BCUT2D eigenvalue weighted by Gasteiger charge is -2.34. The third-order valence-electron chi connectivity index (χ3n) is 6.25. The summed E-state index contributed by atoms with van der Waals surface area (Å²) >= 11 is 1.71. The van der Waals surface area contributed by atoms with E-state index in [-0.39, 0.29) is 17.9 Å².